The van der Waals surface area contributed by atoms with Crippen molar-refractivity contribution in [1.82, 2.24) is 4.98 Å². The lowest BCUT2D eigenvalue weighted by atomic mass is 10.1. The van der Waals surface area contributed by atoms with E-state index < -0.39 is 0 Å². The number of nitrogens with one attached hydrogen (secondary N) is 1. The first-order valence-corrected chi connectivity index (χ1v) is 5.15. The van der Waals surface area contributed by atoms with E-state index in [1.54, 1.807) is 0 Å². The number of aromatic amines is 1. The van der Waals surface area contributed by atoms with E-state index >= 15 is 0 Å². The first-order valence-electron chi connectivity index (χ1n) is 4.03. The van der Waals surface area contributed by atoms with Crippen LogP contribution in [0.15, 0.2) is 30.5 Å². The molecule has 2 heteroatoms. The second-order valence-corrected chi connectivity index (χ2v) is 3.24. The van der Waals surface area contributed by atoms with Gasteiger partial charge >= 0.3 is 0 Å². The molecule has 0 atom stereocenters. The number of H-pyrrole nitrogens is 1. The Morgan fingerprint density at radius 3 is 3.08 bits per heavy atom. The van der Waals surface area contributed by atoms with Crippen molar-refractivity contribution in [2.75, 3.05) is 5.33 Å². The largest absolute Gasteiger partial charge is 0.360 e. The first-order chi connectivity index (χ1) is 6.42. The van der Waals surface area contributed by atoms with Crippen molar-refractivity contribution >= 4 is 26.8 Å². The maximum atomic E-state index is 3.28. The lowest BCUT2D eigenvalue weighted by Gasteiger charge is -1.92. The van der Waals surface area contributed by atoms with Crippen molar-refractivity contribution in [3.8, 4) is 11.8 Å². The van der Waals surface area contributed by atoms with Crippen molar-refractivity contribution in [3.63, 3.8) is 0 Å². The zero-order valence-electron chi connectivity index (χ0n) is 6.97. The lowest BCUT2D eigenvalue weighted by molar-refractivity contribution is 1.47. The zero-order chi connectivity index (χ0) is 9.10. The predicted octanol–water partition coefficient (Wildman–Crippen LogP) is 2.91. The molecule has 0 aliphatic rings. The normalized spacial score (nSPS) is 9.62. The Balaban J connectivity index is 2.61. The molecule has 2 aromatic rings. The van der Waals surface area contributed by atoms with E-state index in [0.29, 0.717) is 5.33 Å². The van der Waals surface area contributed by atoms with Crippen LogP contribution in [0.25, 0.3) is 10.9 Å². The number of hydrogen-bond donors (Lipinski definition) is 1. The van der Waals surface area contributed by atoms with Crippen molar-refractivity contribution < 1.29 is 0 Å². The monoisotopic (exact) mass is 233 g/mol. The second kappa shape index (κ2) is 3.68. The fourth-order valence-corrected chi connectivity index (χ4v) is 1.46. The number of hydrogen-bond acceptors (Lipinski definition) is 0. The van der Waals surface area contributed by atoms with Gasteiger partial charge in [-0.15, -0.1) is 0 Å². The molecular formula is C11H8BrN. The minimum atomic E-state index is 0.712. The Bertz CT molecular complexity index is 473. The summed E-state index contributed by atoms with van der Waals surface area (Å²) in [6.07, 6.45) is 1.93. The van der Waals surface area contributed by atoms with Crippen molar-refractivity contribution in [1.29, 1.82) is 0 Å². The van der Waals surface area contributed by atoms with Gasteiger partial charge in [-0.25, -0.2) is 0 Å². The molecule has 0 radical (unpaired) electrons. The number of alkyl halides is 1. The number of halogens is 1. The molecule has 2 rings (SSSR count). The molecule has 64 valence electrons. The smallest absolute Gasteiger partial charge is 0.0649 e. The highest BCUT2D eigenvalue weighted by Crippen LogP contribution is 2.15. The van der Waals surface area contributed by atoms with Crippen LogP contribution in [0.5, 0.6) is 0 Å². The molecule has 1 nitrogen and oxygen atoms in total. The van der Waals surface area contributed by atoms with Crippen LogP contribution in [0.4, 0.5) is 0 Å². The van der Waals surface area contributed by atoms with E-state index in [2.05, 4.69) is 44.9 Å². The highest BCUT2D eigenvalue weighted by atomic mass is 79.9. The van der Waals surface area contributed by atoms with Crippen LogP contribution in [0.1, 0.15) is 5.56 Å². The van der Waals surface area contributed by atoms with Gasteiger partial charge in [0.15, 0.2) is 0 Å². The lowest BCUT2D eigenvalue weighted by Crippen LogP contribution is -1.77. The maximum absolute atomic E-state index is 3.28. The number of benzene rings is 1. The van der Waals surface area contributed by atoms with Gasteiger partial charge in [0.05, 0.1) is 10.8 Å². The zero-order valence-corrected chi connectivity index (χ0v) is 8.56. The standard InChI is InChI=1S/C11H8BrN/c12-7-2-5-9-3-1-4-10-6-8-13-11(9)10/h1,3-4,6,8,13H,7H2. The molecule has 1 aromatic carbocycles. The van der Waals surface area contributed by atoms with Gasteiger partial charge in [0, 0.05) is 17.1 Å². The summed E-state index contributed by atoms with van der Waals surface area (Å²) in [6.45, 7) is 0. The molecule has 0 fully saturated rings. The topological polar surface area (TPSA) is 15.8 Å². The molecular weight excluding hydrogens is 226 g/mol. The van der Waals surface area contributed by atoms with Gasteiger partial charge in [-0.1, -0.05) is 39.9 Å². The van der Waals surface area contributed by atoms with E-state index in [4.69, 9.17) is 0 Å². The van der Waals surface area contributed by atoms with E-state index in [9.17, 15) is 0 Å². The van der Waals surface area contributed by atoms with Gasteiger partial charge in [0.2, 0.25) is 0 Å². The van der Waals surface area contributed by atoms with Gasteiger partial charge < -0.3 is 4.98 Å². The minimum Gasteiger partial charge on any atom is -0.360 e. The number of para-hydroxylation sites is 1. The summed E-state index contributed by atoms with van der Waals surface area (Å²) in [6, 6.07) is 8.17. The maximum Gasteiger partial charge on any atom is 0.0649 e. The Morgan fingerprint density at radius 1 is 1.31 bits per heavy atom. The Morgan fingerprint density at radius 2 is 2.23 bits per heavy atom. The molecule has 0 unspecified atom stereocenters. The molecule has 0 spiro atoms. The molecule has 0 aliphatic carbocycles. The van der Waals surface area contributed by atoms with Gasteiger partial charge in [0.25, 0.3) is 0 Å². The Hall–Kier alpha value is -1.20. The quantitative estimate of drug-likeness (QED) is 0.532. The first kappa shape index (κ1) is 8.40. The van der Waals surface area contributed by atoms with Gasteiger partial charge in [-0.2, -0.15) is 0 Å². The minimum absolute atomic E-state index is 0.712. The third-order valence-corrected chi connectivity index (χ3v) is 2.16. The van der Waals surface area contributed by atoms with Crippen molar-refractivity contribution in [3.05, 3.63) is 36.0 Å². The van der Waals surface area contributed by atoms with Crippen LogP contribution in [-0.2, 0) is 0 Å². The number of fused-ring (bicyclic) bond motifs is 1. The van der Waals surface area contributed by atoms with E-state index in [0.717, 1.165) is 11.1 Å². The fourth-order valence-electron chi connectivity index (χ4n) is 1.32. The molecule has 0 amide bonds. The highest BCUT2D eigenvalue weighted by Gasteiger charge is 1.96. The van der Waals surface area contributed by atoms with Crippen LogP contribution < -0.4 is 0 Å². The van der Waals surface area contributed by atoms with Gasteiger partial charge in [-0.3, -0.25) is 0 Å². The molecule has 0 saturated carbocycles. The van der Waals surface area contributed by atoms with Crippen molar-refractivity contribution in [2.45, 2.75) is 0 Å². The van der Waals surface area contributed by atoms with Gasteiger partial charge in [-0.05, 0) is 12.1 Å². The van der Waals surface area contributed by atoms with Crippen LogP contribution in [0, 0.1) is 11.8 Å². The summed E-state index contributed by atoms with van der Waals surface area (Å²) < 4.78 is 0. The number of rotatable bonds is 0. The van der Waals surface area contributed by atoms with E-state index in [1.165, 1.54) is 5.39 Å². The molecule has 13 heavy (non-hydrogen) atoms. The van der Waals surface area contributed by atoms with E-state index in [1.807, 2.05) is 18.3 Å². The predicted molar refractivity (Wildman–Crippen MR) is 59.0 cm³/mol. The summed E-state index contributed by atoms with van der Waals surface area (Å²) in [5, 5.41) is 1.92. The van der Waals surface area contributed by atoms with Crippen LogP contribution in [-0.4, -0.2) is 10.3 Å². The summed E-state index contributed by atoms with van der Waals surface area (Å²) >= 11 is 3.28. The Labute approximate surface area is 85.3 Å². The van der Waals surface area contributed by atoms with Crippen LogP contribution in [0.2, 0.25) is 0 Å². The molecule has 0 aliphatic heterocycles. The molecule has 1 N–H and O–H groups in total. The SMILES string of the molecule is BrCC#Cc1cccc2cc[nH]c12. The third kappa shape index (κ3) is 1.61. The second-order valence-electron chi connectivity index (χ2n) is 2.68. The number of aromatic nitrogens is 1. The third-order valence-electron chi connectivity index (χ3n) is 1.88. The average Bonchev–Trinajstić information content (AvgIpc) is 2.62. The van der Waals surface area contributed by atoms with Crippen LogP contribution in [0.3, 0.4) is 0 Å². The fraction of sp³-hybridized carbons (Fsp3) is 0.0909. The van der Waals surface area contributed by atoms with E-state index in [-0.39, 0.29) is 0 Å². The molecule has 0 saturated heterocycles. The van der Waals surface area contributed by atoms with Gasteiger partial charge in [0.1, 0.15) is 0 Å². The highest BCUT2D eigenvalue weighted by molar-refractivity contribution is 9.09. The van der Waals surface area contributed by atoms with Crippen molar-refractivity contribution in [2.24, 2.45) is 0 Å². The Kier molecular flexibility index (Phi) is 2.37. The summed E-state index contributed by atoms with van der Waals surface area (Å²) in [5.41, 5.74) is 2.18. The summed E-state index contributed by atoms with van der Waals surface area (Å²) in [4.78, 5) is 3.18. The summed E-state index contributed by atoms with van der Waals surface area (Å²) in [5.74, 6) is 6.09. The average molecular weight is 234 g/mol. The molecule has 0 bridgehead atoms. The molecule has 1 aromatic heterocycles. The summed E-state index contributed by atoms with van der Waals surface area (Å²) in [7, 11) is 0. The molecule has 1 heterocycles. The van der Waals surface area contributed by atoms with Crippen LogP contribution >= 0.6 is 15.9 Å².